The Morgan fingerprint density at radius 3 is 2.52 bits per heavy atom. The van der Waals surface area contributed by atoms with Crippen LogP contribution < -0.4 is 10.6 Å². The van der Waals surface area contributed by atoms with Crippen molar-refractivity contribution in [3.8, 4) is 11.3 Å². The Balaban J connectivity index is 1.53. The van der Waals surface area contributed by atoms with Gasteiger partial charge in [0.2, 0.25) is 11.8 Å². The van der Waals surface area contributed by atoms with Crippen molar-refractivity contribution in [1.82, 2.24) is 4.98 Å². The molecule has 0 spiro atoms. The summed E-state index contributed by atoms with van der Waals surface area (Å²) in [7, 11) is 0. The van der Waals surface area contributed by atoms with Crippen LogP contribution in [0, 0.1) is 6.92 Å². The number of carbonyl (C=O) groups is 3. The molecule has 0 aliphatic heterocycles. The number of thiazole rings is 1. The van der Waals surface area contributed by atoms with Crippen molar-refractivity contribution in [3.63, 3.8) is 0 Å². The fourth-order valence-corrected chi connectivity index (χ4v) is 4.33. The molecule has 1 heterocycles. The van der Waals surface area contributed by atoms with E-state index in [1.807, 2.05) is 43.3 Å². The molecule has 0 aliphatic carbocycles. The smallest absolute Gasteiger partial charge is 0.303 e. The summed E-state index contributed by atoms with van der Waals surface area (Å²) < 4.78 is 0. The van der Waals surface area contributed by atoms with Crippen molar-refractivity contribution in [2.45, 2.75) is 24.7 Å². The van der Waals surface area contributed by atoms with Crippen LogP contribution >= 0.6 is 23.1 Å². The maximum Gasteiger partial charge on any atom is 0.303 e. The van der Waals surface area contributed by atoms with Gasteiger partial charge < -0.3 is 15.7 Å². The van der Waals surface area contributed by atoms with Crippen molar-refractivity contribution < 1.29 is 19.5 Å². The topological polar surface area (TPSA) is 108 Å². The number of rotatable bonds is 9. The van der Waals surface area contributed by atoms with Crippen LogP contribution in [0.25, 0.3) is 11.3 Å². The van der Waals surface area contributed by atoms with Crippen molar-refractivity contribution in [3.05, 3.63) is 59.5 Å². The minimum Gasteiger partial charge on any atom is -0.481 e. The second kappa shape index (κ2) is 10.7. The summed E-state index contributed by atoms with van der Waals surface area (Å²) >= 11 is 2.77. The zero-order chi connectivity index (χ0) is 22.2. The molecule has 0 fully saturated rings. The maximum absolute atomic E-state index is 12.4. The van der Waals surface area contributed by atoms with E-state index in [1.54, 1.807) is 18.2 Å². The van der Waals surface area contributed by atoms with Crippen LogP contribution in [-0.4, -0.2) is 33.6 Å². The fraction of sp³-hybridized carbons (Fsp3) is 0.182. The monoisotopic (exact) mass is 455 g/mol. The van der Waals surface area contributed by atoms with Gasteiger partial charge in [-0.05, 0) is 25.1 Å². The first-order chi connectivity index (χ1) is 14.9. The molecule has 3 N–H and O–H groups in total. The molecule has 0 radical (unpaired) electrons. The highest BCUT2D eigenvalue weighted by Gasteiger charge is 2.12. The lowest BCUT2D eigenvalue weighted by Crippen LogP contribution is -2.14. The highest BCUT2D eigenvalue weighted by atomic mass is 32.2. The highest BCUT2D eigenvalue weighted by Crippen LogP contribution is 2.30. The van der Waals surface area contributed by atoms with E-state index >= 15 is 0 Å². The van der Waals surface area contributed by atoms with Crippen molar-refractivity contribution >= 4 is 51.7 Å². The Morgan fingerprint density at radius 1 is 1.00 bits per heavy atom. The molecule has 160 valence electrons. The molecule has 3 aromatic rings. The Kier molecular flexibility index (Phi) is 7.80. The van der Waals surface area contributed by atoms with Gasteiger partial charge in [-0.2, -0.15) is 0 Å². The summed E-state index contributed by atoms with van der Waals surface area (Å²) in [4.78, 5) is 41.1. The first-order valence-corrected chi connectivity index (χ1v) is 11.3. The molecule has 1 aromatic heterocycles. The molecule has 7 nitrogen and oxygen atoms in total. The normalized spacial score (nSPS) is 10.5. The number of anilines is 2. The van der Waals surface area contributed by atoms with E-state index < -0.39 is 5.97 Å². The lowest BCUT2D eigenvalue weighted by atomic mass is 10.1. The summed E-state index contributed by atoms with van der Waals surface area (Å²) in [5.74, 6) is -1.36. The second-order valence-electron chi connectivity index (χ2n) is 6.60. The molecule has 3 rings (SSSR count). The lowest BCUT2D eigenvalue weighted by Gasteiger charge is -2.07. The van der Waals surface area contributed by atoms with Crippen molar-refractivity contribution in [2.24, 2.45) is 0 Å². The number of thioether (sulfide) groups is 1. The average Bonchev–Trinajstić information content (AvgIpc) is 3.11. The zero-order valence-electron chi connectivity index (χ0n) is 16.8. The van der Waals surface area contributed by atoms with Crippen LogP contribution in [0.15, 0.2) is 59.5 Å². The van der Waals surface area contributed by atoms with Crippen LogP contribution in [0.2, 0.25) is 0 Å². The van der Waals surface area contributed by atoms with Crippen LogP contribution in [0.3, 0.4) is 0 Å². The summed E-state index contributed by atoms with van der Waals surface area (Å²) in [6, 6.07) is 16.9. The molecule has 0 unspecified atom stereocenters. The van der Waals surface area contributed by atoms with Gasteiger partial charge in [-0.3, -0.25) is 14.4 Å². The molecule has 9 heteroatoms. The van der Waals surface area contributed by atoms with E-state index in [0.29, 0.717) is 10.8 Å². The Hall–Kier alpha value is -3.17. The van der Waals surface area contributed by atoms with Crippen LogP contribution in [0.4, 0.5) is 10.8 Å². The molecule has 0 aliphatic rings. The lowest BCUT2D eigenvalue weighted by molar-refractivity contribution is -0.138. The van der Waals surface area contributed by atoms with Gasteiger partial charge in [-0.1, -0.05) is 36.4 Å². The predicted molar refractivity (Wildman–Crippen MR) is 124 cm³/mol. The van der Waals surface area contributed by atoms with E-state index in [0.717, 1.165) is 21.0 Å². The van der Waals surface area contributed by atoms with E-state index in [4.69, 9.17) is 5.11 Å². The van der Waals surface area contributed by atoms with E-state index in [9.17, 15) is 14.4 Å². The van der Waals surface area contributed by atoms with Gasteiger partial charge >= 0.3 is 5.97 Å². The first-order valence-electron chi connectivity index (χ1n) is 9.48. The van der Waals surface area contributed by atoms with Gasteiger partial charge in [0.1, 0.15) is 0 Å². The molecule has 0 saturated heterocycles. The minimum atomic E-state index is -1.02. The second-order valence-corrected chi connectivity index (χ2v) is 8.85. The largest absolute Gasteiger partial charge is 0.481 e. The Morgan fingerprint density at radius 2 is 1.77 bits per heavy atom. The van der Waals surface area contributed by atoms with Crippen LogP contribution in [0.5, 0.6) is 0 Å². The van der Waals surface area contributed by atoms with Crippen molar-refractivity contribution in [2.75, 3.05) is 16.4 Å². The van der Waals surface area contributed by atoms with Gasteiger partial charge in [-0.15, -0.1) is 23.1 Å². The van der Waals surface area contributed by atoms with Gasteiger partial charge in [0.05, 0.1) is 17.9 Å². The van der Waals surface area contributed by atoms with Crippen LogP contribution in [-0.2, 0) is 14.4 Å². The van der Waals surface area contributed by atoms with Crippen LogP contribution in [0.1, 0.15) is 17.7 Å². The molecular formula is C22H21N3O4S2. The molecule has 0 bridgehead atoms. The third-order valence-corrected chi connectivity index (χ3v) is 6.02. The highest BCUT2D eigenvalue weighted by molar-refractivity contribution is 8.00. The number of nitrogens with one attached hydrogen (secondary N) is 2. The van der Waals surface area contributed by atoms with E-state index in [2.05, 4.69) is 15.6 Å². The molecule has 31 heavy (non-hydrogen) atoms. The molecule has 2 amide bonds. The molecular weight excluding hydrogens is 434 g/mol. The Bertz CT molecular complexity index is 1080. The Labute approximate surface area is 187 Å². The molecule has 0 atom stereocenters. The first kappa shape index (κ1) is 22.5. The number of amides is 2. The summed E-state index contributed by atoms with van der Waals surface area (Å²) in [6.45, 7) is 1.97. The summed E-state index contributed by atoms with van der Waals surface area (Å²) in [6.07, 6.45) is -0.310. The number of hydrogen-bond acceptors (Lipinski definition) is 6. The van der Waals surface area contributed by atoms with Gasteiger partial charge in [-0.25, -0.2) is 4.98 Å². The number of benzene rings is 2. The number of aliphatic carboxylic acids is 1. The molecule has 0 saturated carbocycles. The summed E-state index contributed by atoms with van der Waals surface area (Å²) in [5.41, 5.74) is 2.43. The minimum absolute atomic E-state index is 0.0900. The number of aromatic nitrogens is 1. The third-order valence-electron chi connectivity index (χ3n) is 4.14. The summed E-state index contributed by atoms with van der Waals surface area (Å²) in [5, 5.41) is 14.7. The molecule has 2 aromatic carbocycles. The van der Waals surface area contributed by atoms with Crippen molar-refractivity contribution in [1.29, 1.82) is 0 Å². The van der Waals surface area contributed by atoms with E-state index in [1.165, 1.54) is 23.1 Å². The number of nitrogens with zero attached hydrogens (tertiary/aromatic N) is 1. The average molecular weight is 456 g/mol. The predicted octanol–water partition coefficient (Wildman–Crippen LogP) is 4.65. The maximum atomic E-state index is 12.4. The third kappa shape index (κ3) is 6.94. The van der Waals surface area contributed by atoms with Gasteiger partial charge in [0.15, 0.2) is 5.13 Å². The SMILES string of the molecule is Cc1sc(NC(=O)CSc2cccc(NC(=O)CCC(=O)O)c2)nc1-c1ccccc1. The number of carboxylic acids is 1. The zero-order valence-corrected chi connectivity index (χ0v) is 18.4. The van der Waals surface area contributed by atoms with E-state index in [-0.39, 0.29) is 30.4 Å². The number of hydrogen-bond donors (Lipinski definition) is 3. The van der Waals surface area contributed by atoms with Gasteiger partial charge in [0, 0.05) is 27.4 Å². The standard InChI is InChI=1S/C22H21N3O4S2/c1-14-21(15-6-3-2-4-7-15)25-22(31-14)24-19(27)13-30-17-9-5-8-16(12-17)23-18(26)10-11-20(28)29/h2-9,12H,10-11,13H2,1H3,(H,23,26)(H,28,29)(H,24,25,27). The number of carboxylic acid groups (broad SMARTS) is 1. The number of aryl methyl sites for hydroxylation is 1. The fourth-order valence-electron chi connectivity index (χ4n) is 2.73. The number of carbonyl (C=O) groups excluding carboxylic acids is 2. The van der Waals surface area contributed by atoms with Gasteiger partial charge in [0.25, 0.3) is 0 Å². The quantitative estimate of drug-likeness (QED) is 0.405.